The topological polar surface area (TPSA) is 49.6 Å². The van der Waals surface area contributed by atoms with Gasteiger partial charge >= 0.3 is 0 Å². The standard InChI is InChI=1S/C19H20FN3OS.HI/c20-18-8-2-1-5-15(18)13-22-19(23-14-17-7-4-12-25-17)21-10-9-16-6-3-11-24-16;/h1-8,11-12H,9-10,13-14H2,(H2,21,22,23);1H. The van der Waals surface area contributed by atoms with Crippen molar-refractivity contribution in [1.29, 1.82) is 0 Å². The lowest BCUT2D eigenvalue weighted by Crippen LogP contribution is -2.38. The van der Waals surface area contributed by atoms with Crippen LogP contribution in [-0.2, 0) is 19.5 Å². The summed E-state index contributed by atoms with van der Waals surface area (Å²) in [6.45, 7) is 1.65. The molecule has 0 aliphatic rings. The van der Waals surface area contributed by atoms with Crippen LogP contribution in [0.3, 0.4) is 0 Å². The van der Waals surface area contributed by atoms with E-state index in [0.29, 0.717) is 24.6 Å². The Morgan fingerprint density at radius 3 is 2.69 bits per heavy atom. The van der Waals surface area contributed by atoms with Crippen molar-refractivity contribution in [3.8, 4) is 0 Å². The smallest absolute Gasteiger partial charge is 0.191 e. The molecule has 0 aliphatic heterocycles. The fourth-order valence-corrected chi connectivity index (χ4v) is 2.95. The molecule has 3 aromatic rings. The molecule has 0 atom stereocenters. The van der Waals surface area contributed by atoms with E-state index in [0.717, 1.165) is 12.2 Å². The maximum atomic E-state index is 13.8. The summed E-state index contributed by atoms with van der Waals surface area (Å²) < 4.78 is 19.1. The Morgan fingerprint density at radius 2 is 1.96 bits per heavy atom. The third-order valence-electron chi connectivity index (χ3n) is 3.62. The second-order valence-electron chi connectivity index (χ2n) is 5.45. The summed E-state index contributed by atoms with van der Waals surface area (Å²) in [5.41, 5.74) is 0.575. The number of nitrogens with one attached hydrogen (secondary N) is 2. The highest BCUT2D eigenvalue weighted by Crippen LogP contribution is 2.09. The van der Waals surface area contributed by atoms with Crippen LogP contribution in [0.4, 0.5) is 4.39 Å². The fraction of sp³-hybridized carbons (Fsp3) is 0.211. The molecule has 0 radical (unpaired) electrons. The molecule has 0 saturated heterocycles. The van der Waals surface area contributed by atoms with Crippen molar-refractivity contribution in [2.45, 2.75) is 19.5 Å². The summed E-state index contributed by atoms with van der Waals surface area (Å²) in [5.74, 6) is 1.34. The molecule has 4 nitrogen and oxygen atoms in total. The number of hydrogen-bond acceptors (Lipinski definition) is 3. The first-order valence-electron chi connectivity index (χ1n) is 8.11. The van der Waals surface area contributed by atoms with Crippen molar-refractivity contribution < 1.29 is 8.81 Å². The number of furan rings is 1. The molecular formula is C19H21FIN3OS. The molecule has 0 aliphatic carbocycles. The monoisotopic (exact) mass is 485 g/mol. The second kappa shape index (κ2) is 11.0. The van der Waals surface area contributed by atoms with Gasteiger partial charge in [-0.2, -0.15) is 0 Å². The number of thiophene rings is 1. The van der Waals surface area contributed by atoms with Crippen LogP contribution in [0, 0.1) is 5.82 Å². The van der Waals surface area contributed by atoms with E-state index in [9.17, 15) is 4.39 Å². The molecule has 2 aromatic heterocycles. The van der Waals surface area contributed by atoms with Crippen molar-refractivity contribution in [1.82, 2.24) is 10.6 Å². The molecule has 7 heteroatoms. The molecule has 1 aromatic carbocycles. The van der Waals surface area contributed by atoms with E-state index in [1.54, 1.807) is 29.7 Å². The van der Waals surface area contributed by atoms with Gasteiger partial charge in [-0.25, -0.2) is 9.38 Å². The number of benzene rings is 1. The van der Waals surface area contributed by atoms with Crippen molar-refractivity contribution in [2.24, 2.45) is 4.99 Å². The van der Waals surface area contributed by atoms with E-state index in [-0.39, 0.29) is 36.3 Å². The minimum absolute atomic E-state index is 0. The van der Waals surface area contributed by atoms with Gasteiger partial charge in [-0.1, -0.05) is 24.3 Å². The quantitative estimate of drug-likeness (QED) is 0.293. The summed E-state index contributed by atoms with van der Waals surface area (Å²) in [6, 6.07) is 14.6. The molecule has 26 heavy (non-hydrogen) atoms. The van der Waals surface area contributed by atoms with Crippen LogP contribution in [0.25, 0.3) is 0 Å². The van der Waals surface area contributed by atoms with Gasteiger partial charge in [-0.05, 0) is 29.6 Å². The van der Waals surface area contributed by atoms with Gasteiger partial charge < -0.3 is 15.1 Å². The lowest BCUT2D eigenvalue weighted by Gasteiger charge is -2.12. The number of nitrogens with zero attached hydrogens (tertiary/aromatic N) is 1. The van der Waals surface area contributed by atoms with E-state index in [1.807, 2.05) is 29.6 Å². The van der Waals surface area contributed by atoms with Crippen LogP contribution in [-0.4, -0.2) is 12.5 Å². The number of halogens is 2. The van der Waals surface area contributed by atoms with Gasteiger partial charge in [0.2, 0.25) is 0 Å². The Morgan fingerprint density at radius 1 is 1.08 bits per heavy atom. The van der Waals surface area contributed by atoms with E-state index in [4.69, 9.17) is 4.42 Å². The van der Waals surface area contributed by atoms with Crippen LogP contribution < -0.4 is 10.6 Å². The average molecular weight is 485 g/mol. The first-order valence-corrected chi connectivity index (χ1v) is 8.99. The zero-order valence-corrected chi connectivity index (χ0v) is 17.3. The Kier molecular flexibility index (Phi) is 8.63. The zero-order chi connectivity index (χ0) is 17.3. The van der Waals surface area contributed by atoms with Gasteiger partial charge in [0.05, 0.1) is 19.4 Å². The van der Waals surface area contributed by atoms with Crippen molar-refractivity contribution in [2.75, 3.05) is 6.54 Å². The average Bonchev–Trinajstić information content (AvgIpc) is 3.32. The first kappa shape index (κ1) is 20.4. The molecule has 0 spiro atoms. The van der Waals surface area contributed by atoms with Gasteiger partial charge in [0.15, 0.2) is 5.96 Å². The van der Waals surface area contributed by atoms with E-state index in [2.05, 4.69) is 21.7 Å². The molecule has 2 heterocycles. The van der Waals surface area contributed by atoms with Gasteiger partial charge in [0, 0.05) is 23.4 Å². The Hall–Kier alpha value is -1.87. The van der Waals surface area contributed by atoms with E-state index < -0.39 is 0 Å². The van der Waals surface area contributed by atoms with Gasteiger partial charge in [0.25, 0.3) is 0 Å². The zero-order valence-electron chi connectivity index (χ0n) is 14.2. The summed E-state index contributed by atoms with van der Waals surface area (Å²) in [4.78, 5) is 5.72. The predicted octanol–water partition coefficient (Wildman–Crippen LogP) is 4.58. The van der Waals surface area contributed by atoms with Crippen molar-refractivity contribution in [3.05, 3.63) is 82.2 Å². The predicted molar refractivity (Wildman–Crippen MR) is 115 cm³/mol. The van der Waals surface area contributed by atoms with Crippen LogP contribution in [0.15, 0.2) is 69.6 Å². The molecule has 2 N–H and O–H groups in total. The van der Waals surface area contributed by atoms with Crippen molar-refractivity contribution in [3.63, 3.8) is 0 Å². The lowest BCUT2D eigenvalue weighted by molar-refractivity contribution is 0.506. The molecule has 0 unspecified atom stereocenters. The maximum absolute atomic E-state index is 13.8. The van der Waals surface area contributed by atoms with E-state index >= 15 is 0 Å². The van der Waals surface area contributed by atoms with Crippen molar-refractivity contribution >= 4 is 41.3 Å². The normalized spacial score (nSPS) is 11.0. The van der Waals surface area contributed by atoms with Crippen LogP contribution in [0.2, 0.25) is 0 Å². The highest BCUT2D eigenvalue weighted by atomic mass is 127. The SMILES string of the molecule is Fc1ccccc1CN=C(NCCc1ccco1)NCc1cccs1.I. The van der Waals surface area contributed by atoms with E-state index in [1.165, 1.54) is 10.9 Å². The molecule has 0 amide bonds. The molecule has 0 saturated carbocycles. The number of guanidine groups is 1. The maximum Gasteiger partial charge on any atom is 0.191 e. The fourth-order valence-electron chi connectivity index (χ4n) is 2.31. The lowest BCUT2D eigenvalue weighted by atomic mass is 10.2. The molecular weight excluding hydrogens is 464 g/mol. The first-order chi connectivity index (χ1) is 12.3. The summed E-state index contributed by atoms with van der Waals surface area (Å²) >= 11 is 1.68. The molecule has 138 valence electrons. The number of rotatable bonds is 7. The summed E-state index contributed by atoms with van der Waals surface area (Å²) in [6.07, 6.45) is 2.42. The van der Waals surface area contributed by atoms with Crippen LogP contribution in [0.1, 0.15) is 16.2 Å². The highest BCUT2D eigenvalue weighted by Gasteiger charge is 2.04. The second-order valence-corrected chi connectivity index (χ2v) is 6.48. The van der Waals surface area contributed by atoms with Gasteiger partial charge in [-0.15, -0.1) is 35.3 Å². The molecule has 3 rings (SSSR count). The summed E-state index contributed by atoms with van der Waals surface area (Å²) in [5, 5.41) is 8.60. The molecule has 0 bridgehead atoms. The van der Waals surface area contributed by atoms with Crippen LogP contribution >= 0.6 is 35.3 Å². The van der Waals surface area contributed by atoms with Gasteiger partial charge in [-0.3, -0.25) is 0 Å². The largest absolute Gasteiger partial charge is 0.469 e. The number of aliphatic imine (C=N–C) groups is 1. The highest BCUT2D eigenvalue weighted by molar-refractivity contribution is 14.0. The molecule has 0 fully saturated rings. The number of hydrogen-bond donors (Lipinski definition) is 2. The Labute approximate surface area is 173 Å². The third kappa shape index (κ3) is 6.45. The minimum atomic E-state index is -0.237. The Balaban J connectivity index is 0.00000243. The van der Waals surface area contributed by atoms with Crippen LogP contribution in [0.5, 0.6) is 0 Å². The summed E-state index contributed by atoms with van der Waals surface area (Å²) in [7, 11) is 0. The van der Waals surface area contributed by atoms with Gasteiger partial charge in [0.1, 0.15) is 11.6 Å². The third-order valence-corrected chi connectivity index (χ3v) is 4.50. The minimum Gasteiger partial charge on any atom is -0.469 e. The Bertz CT molecular complexity index is 791.